The van der Waals surface area contributed by atoms with E-state index >= 15 is 0 Å². The molecule has 6 N–H and O–H groups in total. The summed E-state index contributed by atoms with van der Waals surface area (Å²) < 4.78 is 14.7. The predicted molar refractivity (Wildman–Crippen MR) is 112 cm³/mol. The van der Waals surface area contributed by atoms with Crippen molar-refractivity contribution in [2.24, 2.45) is 11.5 Å². The largest absolute Gasteiger partial charge is 0.365 e. The zero-order chi connectivity index (χ0) is 20.4. The van der Waals surface area contributed by atoms with Crippen molar-refractivity contribution in [3.63, 3.8) is 0 Å². The average molecular weight is 394 g/mol. The number of halogens is 1. The van der Waals surface area contributed by atoms with Crippen molar-refractivity contribution in [2.75, 3.05) is 10.6 Å². The molecule has 2 heterocycles. The molecule has 2 unspecified atom stereocenters. The van der Waals surface area contributed by atoms with Gasteiger partial charge in [-0.25, -0.2) is 9.37 Å². The first-order valence-electron chi connectivity index (χ1n) is 9.65. The number of fused-ring (bicyclic) bond motifs is 1. The molecule has 150 valence electrons. The van der Waals surface area contributed by atoms with Gasteiger partial charge in [-0.2, -0.15) is 0 Å². The Morgan fingerprint density at radius 2 is 1.93 bits per heavy atom. The van der Waals surface area contributed by atoms with Crippen molar-refractivity contribution in [3.8, 4) is 0 Å². The van der Waals surface area contributed by atoms with E-state index in [-0.39, 0.29) is 29.3 Å². The number of pyridine rings is 2. The maximum Gasteiger partial charge on any atom is 0.252 e. The first kappa shape index (κ1) is 19.1. The molecular formula is C21H23FN6O. The third kappa shape index (κ3) is 3.97. The van der Waals surface area contributed by atoms with E-state index in [0.29, 0.717) is 5.69 Å². The van der Waals surface area contributed by atoms with Gasteiger partial charge in [-0.1, -0.05) is 37.1 Å². The molecule has 0 aliphatic heterocycles. The minimum atomic E-state index is -0.770. The van der Waals surface area contributed by atoms with E-state index in [9.17, 15) is 9.18 Å². The van der Waals surface area contributed by atoms with Crippen molar-refractivity contribution in [1.29, 1.82) is 0 Å². The van der Waals surface area contributed by atoms with Gasteiger partial charge < -0.3 is 22.1 Å². The second kappa shape index (κ2) is 8.00. The van der Waals surface area contributed by atoms with Gasteiger partial charge in [0.05, 0.1) is 17.4 Å². The Bertz CT molecular complexity index is 1050. The molecule has 4 rings (SSSR count). The van der Waals surface area contributed by atoms with E-state index in [1.54, 1.807) is 12.4 Å². The third-order valence-corrected chi connectivity index (χ3v) is 5.30. The van der Waals surface area contributed by atoms with Gasteiger partial charge in [0.2, 0.25) is 0 Å². The molecule has 0 saturated heterocycles. The standard InChI is InChI=1S/C21H23FN6O/c22-15-9-14(19(24)29)20(28-21(15)26-17-8-4-3-7-16(17)23)27-18-11-25-10-12-5-1-2-6-13(12)18/h1-2,5-6,9-11,16-17H,3-4,7-8,23H2,(H2,24,29)(H2,26,27,28). The minimum Gasteiger partial charge on any atom is -0.365 e. The Morgan fingerprint density at radius 3 is 2.72 bits per heavy atom. The lowest BCUT2D eigenvalue weighted by molar-refractivity contribution is 0.100. The summed E-state index contributed by atoms with van der Waals surface area (Å²) in [4.78, 5) is 20.5. The number of amides is 1. The molecular weight excluding hydrogens is 371 g/mol. The van der Waals surface area contributed by atoms with Crippen molar-refractivity contribution in [1.82, 2.24) is 9.97 Å². The fraction of sp³-hybridized carbons (Fsp3) is 0.286. The van der Waals surface area contributed by atoms with Crippen LogP contribution in [-0.2, 0) is 0 Å². The number of rotatable bonds is 5. The molecule has 0 spiro atoms. The molecule has 7 nitrogen and oxygen atoms in total. The molecule has 1 fully saturated rings. The fourth-order valence-electron chi connectivity index (χ4n) is 3.73. The fourth-order valence-corrected chi connectivity index (χ4v) is 3.73. The number of primary amides is 1. The summed E-state index contributed by atoms with van der Waals surface area (Å²) in [6.07, 6.45) is 7.19. The van der Waals surface area contributed by atoms with Crippen LogP contribution in [0.3, 0.4) is 0 Å². The Labute approximate surface area is 167 Å². The summed E-state index contributed by atoms with van der Waals surface area (Å²) in [6, 6.07) is 8.63. The van der Waals surface area contributed by atoms with E-state index in [2.05, 4.69) is 20.6 Å². The average Bonchev–Trinajstić information content (AvgIpc) is 2.72. The number of nitrogens with one attached hydrogen (secondary N) is 2. The highest BCUT2D eigenvalue weighted by atomic mass is 19.1. The van der Waals surface area contributed by atoms with Crippen LogP contribution in [0, 0.1) is 5.82 Å². The molecule has 0 radical (unpaired) electrons. The number of benzene rings is 1. The predicted octanol–water partition coefficient (Wildman–Crippen LogP) is 3.29. The van der Waals surface area contributed by atoms with Crippen LogP contribution >= 0.6 is 0 Å². The van der Waals surface area contributed by atoms with Crippen LogP contribution in [0.5, 0.6) is 0 Å². The van der Waals surface area contributed by atoms with Gasteiger partial charge in [0, 0.05) is 29.1 Å². The topological polar surface area (TPSA) is 119 Å². The first-order valence-corrected chi connectivity index (χ1v) is 9.65. The first-order chi connectivity index (χ1) is 14.0. The van der Waals surface area contributed by atoms with Crippen LogP contribution in [0.15, 0.2) is 42.7 Å². The minimum absolute atomic E-state index is 0.0334. The number of nitrogens with zero attached hydrogens (tertiary/aromatic N) is 2. The van der Waals surface area contributed by atoms with Crippen molar-refractivity contribution in [2.45, 2.75) is 37.8 Å². The normalized spacial score (nSPS) is 19.1. The zero-order valence-electron chi connectivity index (χ0n) is 15.9. The molecule has 2 atom stereocenters. The molecule has 29 heavy (non-hydrogen) atoms. The highest BCUT2D eigenvalue weighted by Crippen LogP contribution is 2.29. The van der Waals surface area contributed by atoms with Gasteiger partial charge >= 0.3 is 0 Å². The van der Waals surface area contributed by atoms with Crippen LogP contribution in [0.4, 0.5) is 21.7 Å². The van der Waals surface area contributed by atoms with Crippen LogP contribution in [0.1, 0.15) is 36.0 Å². The number of nitrogens with two attached hydrogens (primary N) is 2. The Balaban J connectivity index is 1.72. The molecule has 0 bridgehead atoms. The Morgan fingerprint density at radius 1 is 1.14 bits per heavy atom. The quantitative estimate of drug-likeness (QED) is 0.527. The van der Waals surface area contributed by atoms with Crippen LogP contribution in [0.25, 0.3) is 10.8 Å². The van der Waals surface area contributed by atoms with Gasteiger partial charge in [0.25, 0.3) is 5.91 Å². The second-order valence-electron chi connectivity index (χ2n) is 7.31. The smallest absolute Gasteiger partial charge is 0.252 e. The van der Waals surface area contributed by atoms with Gasteiger partial charge in [0.1, 0.15) is 5.82 Å². The number of carbonyl (C=O) groups is 1. The van der Waals surface area contributed by atoms with Gasteiger partial charge in [-0.3, -0.25) is 9.78 Å². The molecule has 1 saturated carbocycles. The maximum atomic E-state index is 14.7. The lowest BCUT2D eigenvalue weighted by atomic mass is 9.91. The summed E-state index contributed by atoms with van der Waals surface area (Å²) in [5, 5.41) is 8.03. The molecule has 8 heteroatoms. The Kier molecular flexibility index (Phi) is 5.26. The van der Waals surface area contributed by atoms with Crippen molar-refractivity contribution < 1.29 is 9.18 Å². The number of aromatic nitrogens is 2. The molecule has 1 aliphatic rings. The van der Waals surface area contributed by atoms with Crippen molar-refractivity contribution in [3.05, 3.63) is 54.1 Å². The summed E-state index contributed by atoms with van der Waals surface area (Å²) in [5.74, 6) is -1.19. The van der Waals surface area contributed by atoms with Gasteiger partial charge in [-0.05, 0) is 18.9 Å². The molecule has 3 aromatic rings. The lowest BCUT2D eigenvalue weighted by Gasteiger charge is -2.30. The Hall–Kier alpha value is -3.26. The van der Waals surface area contributed by atoms with E-state index in [0.717, 1.165) is 42.5 Å². The van der Waals surface area contributed by atoms with Gasteiger partial charge in [-0.15, -0.1) is 0 Å². The SMILES string of the molecule is NC(=O)c1cc(F)c(NC2CCCCC2N)nc1Nc1cncc2ccccc12. The van der Waals surface area contributed by atoms with Crippen LogP contribution in [0.2, 0.25) is 0 Å². The summed E-state index contributed by atoms with van der Waals surface area (Å²) in [7, 11) is 0. The number of carbonyl (C=O) groups excluding carboxylic acids is 1. The number of hydrogen-bond acceptors (Lipinski definition) is 6. The van der Waals surface area contributed by atoms with E-state index in [1.165, 1.54) is 0 Å². The van der Waals surface area contributed by atoms with Crippen LogP contribution in [-0.4, -0.2) is 28.0 Å². The van der Waals surface area contributed by atoms with Gasteiger partial charge in [0.15, 0.2) is 11.6 Å². The van der Waals surface area contributed by atoms with E-state index in [1.807, 2.05) is 24.3 Å². The molecule has 2 aromatic heterocycles. The maximum absolute atomic E-state index is 14.7. The summed E-state index contributed by atoms with van der Waals surface area (Å²) in [5.41, 5.74) is 12.2. The number of anilines is 3. The second-order valence-corrected chi connectivity index (χ2v) is 7.31. The van der Waals surface area contributed by atoms with E-state index in [4.69, 9.17) is 11.5 Å². The highest BCUT2D eigenvalue weighted by molar-refractivity contribution is 6.01. The third-order valence-electron chi connectivity index (χ3n) is 5.30. The number of hydrogen-bond donors (Lipinski definition) is 4. The lowest BCUT2D eigenvalue weighted by Crippen LogP contribution is -2.43. The molecule has 1 aliphatic carbocycles. The highest BCUT2D eigenvalue weighted by Gasteiger charge is 2.24. The summed E-state index contributed by atoms with van der Waals surface area (Å²) in [6.45, 7) is 0. The molecule has 1 aromatic carbocycles. The van der Waals surface area contributed by atoms with Crippen molar-refractivity contribution >= 4 is 34.0 Å². The van der Waals surface area contributed by atoms with Crippen LogP contribution < -0.4 is 22.1 Å². The summed E-state index contributed by atoms with van der Waals surface area (Å²) >= 11 is 0. The molecule has 1 amide bonds. The monoisotopic (exact) mass is 394 g/mol. The van der Waals surface area contributed by atoms with E-state index < -0.39 is 11.7 Å². The zero-order valence-corrected chi connectivity index (χ0v) is 15.9.